The van der Waals surface area contributed by atoms with Crippen molar-refractivity contribution in [3.05, 3.63) is 29.8 Å². The standard InChI is InChI=1S/C12H14BrFN2O/c1-8-2-3-16(11(8)5-13)12(17)9-4-10(14)7-15-6-9/h4,6-8,11H,2-3,5H2,1H3. The number of amides is 1. The van der Waals surface area contributed by atoms with E-state index in [4.69, 9.17) is 0 Å². The molecular formula is C12H14BrFN2O. The van der Waals surface area contributed by atoms with Gasteiger partial charge in [0.2, 0.25) is 0 Å². The van der Waals surface area contributed by atoms with Gasteiger partial charge in [0.1, 0.15) is 5.82 Å². The van der Waals surface area contributed by atoms with Crippen molar-refractivity contribution in [2.45, 2.75) is 19.4 Å². The fraction of sp³-hybridized carbons (Fsp3) is 0.500. The summed E-state index contributed by atoms with van der Waals surface area (Å²) >= 11 is 3.43. The Morgan fingerprint density at radius 1 is 1.65 bits per heavy atom. The van der Waals surface area contributed by atoms with Crippen molar-refractivity contribution in [1.82, 2.24) is 9.88 Å². The van der Waals surface area contributed by atoms with Gasteiger partial charge < -0.3 is 4.90 Å². The molecule has 1 aliphatic heterocycles. The second kappa shape index (κ2) is 5.12. The highest BCUT2D eigenvalue weighted by molar-refractivity contribution is 9.09. The first kappa shape index (κ1) is 12.5. The Labute approximate surface area is 108 Å². The molecule has 0 radical (unpaired) electrons. The Bertz CT molecular complexity index is 427. The summed E-state index contributed by atoms with van der Waals surface area (Å²) in [5, 5.41) is 0.753. The van der Waals surface area contributed by atoms with E-state index in [-0.39, 0.29) is 11.9 Å². The van der Waals surface area contributed by atoms with Crippen LogP contribution in [0.25, 0.3) is 0 Å². The molecule has 3 nitrogen and oxygen atoms in total. The molecular weight excluding hydrogens is 287 g/mol. The van der Waals surface area contributed by atoms with Crippen molar-refractivity contribution in [3.63, 3.8) is 0 Å². The summed E-state index contributed by atoms with van der Waals surface area (Å²) in [5.41, 5.74) is 0.324. The molecule has 0 aliphatic carbocycles. The molecule has 0 aromatic carbocycles. The van der Waals surface area contributed by atoms with E-state index in [1.807, 2.05) is 0 Å². The second-order valence-electron chi connectivity index (χ2n) is 4.38. The topological polar surface area (TPSA) is 33.2 Å². The van der Waals surface area contributed by atoms with Gasteiger partial charge in [0, 0.05) is 24.1 Å². The molecule has 2 unspecified atom stereocenters. The molecule has 1 aromatic heterocycles. The predicted octanol–water partition coefficient (Wildman–Crippen LogP) is 2.47. The zero-order valence-corrected chi connectivity index (χ0v) is 11.2. The van der Waals surface area contributed by atoms with E-state index in [9.17, 15) is 9.18 Å². The quantitative estimate of drug-likeness (QED) is 0.786. The van der Waals surface area contributed by atoms with Gasteiger partial charge in [0.15, 0.2) is 0 Å². The maximum Gasteiger partial charge on any atom is 0.255 e. The zero-order chi connectivity index (χ0) is 12.4. The summed E-state index contributed by atoms with van der Waals surface area (Å²) < 4.78 is 13.0. The van der Waals surface area contributed by atoms with E-state index >= 15 is 0 Å². The lowest BCUT2D eigenvalue weighted by Gasteiger charge is -2.25. The molecule has 2 heterocycles. The zero-order valence-electron chi connectivity index (χ0n) is 9.57. The third-order valence-electron chi connectivity index (χ3n) is 3.25. The van der Waals surface area contributed by atoms with Gasteiger partial charge in [-0.1, -0.05) is 22.9 Å². The van der Waals surface area contributed by atoms with Crippen molar-refractivity contribution in [3.8, 4) is 0 Å². The van der Waals surface area contributed by atoms with Gasteiger partial charge in [0.25, 0.3) is 5.91 Å². The van der Waals surface area contributed by atoms with Crippen LogP contribution in [0.2, 0.25) is 0 Å². The Morgan fingerprint density at radius 3 is 3.06 bits per heavy atom. The van der Waals surface area contributed by atoms with E-state index in [1.54, 1.807) is 4.90 Å². The second-order valence-corrected chi connectivity index (χ2v) is 5.03. The van der Waals surface area contributed by atoms with Crippen molar-refractivity contribution < 1.29 is 9.18 Å². The number of rotatable bonds is 2. The van der Waals surface area contributed by atoms with Crippen LogP contribution in [0.5, 0.6) is 0 Å². The Hall–Kier alpha value is -0.970. The maximum absolute atomic E-state index is 13.0. The molecule has 0 saturated carbocycles. The van der Waals surface area contributed by atoms with Gasteiger partial charge in [-0.15, -0.1) is 0 Å². The number of carbonyl (C=O) groups excluding carboxylic acids is 1. The van der Waals surface area contributed by atoms with E-state index in [0.29, 0.717) is 11.5 Å². The molecule has 2 atom stereocenters. The highest BCUT2D eigenvalue weighted by atomic mass is 79.9. The molecule has 17 heavy (non-hydrogen) atoms. The van der Waals surface area contributed by atoms with Crippen molar-refractivity contribution in [1.29, 1.82) is 0 Å². The van der Waals surface area contributed by atoms with Gasteiger partial charge in [-0.3, -0.25) is 9.78 Å². The van der Waals surface area contributed by atoms with Crippen LogP contribution >= 0.6 is 15.9 Å². The van der Waals surface area contributed by atoms with Gasteiger partial charge in [-0.05, 0) is 18.4 Å². The highest BCUT2D eigenvalue weighted by Crippen LogP contribution is 2.26. The Balaban J connectivity index is 2.20. The summed E-state index contributed by atoms with van der Waals surface area (Å²) in [4.78, 5) is 17.7. The third kappa shape index (κ3) is 2.49. The number of halogens is 2. The average Bonchev–Trinajstić information content (AvgIpc) is 2.69. The predicted molar refractivity (Wildman–Crippen MR) is 66.6 cm³/mol. The molecule has 1 saturated heterocycles. The number of likely N-dealkylation sites (tertiary alicyclic amines) is 1. The van der Waals surface area contributed by atoms with Crippen LogP contribution in [0.15, 0.2) is 18.5 Å². The summed E-state index contributed by atoms with van der Waals surface area (Å²) in [5.74, 6) is -0.135. The number of aromatic nitrogens is 1. The molecule has 1 amide bonds. The smallest absolute Gasteiger partial charge is 0.255 e. The van der Waals surface area contributed by atoms with Crippen LogP contribution in [0, 0.1) is 11.7 Å². The number of hydrogen-bond acceptors (Lipinski definition) is 2. The number of nitrogens with zero attached hydrogens (tertiary/aromatic N) is 2. The first-order valence-electron chi connectivity index (χ1n) is 5.61. The molecule has 1 aromatic rings. The van der Waals surface area contributed by atoms with Crippen LogP contribution < -0.4 is 0 Å². The third-order valence-corrected chi connectivity index (χ3v) is 3.92. The first-order valence-corrected chi connectivity index (χ1v) is 6.73. The maximum atomic E-state index is 13.0. The van der Waals surface area contributed by atoms with E-state index in [0.717, 1.165) is 24.5 Å². The van der Waals surface area contributed by atoms with Crippen molar-refractivity contribution in [2.24, 2.45) is 5.92 Å². The van der Waals surface area contributed by atoms with Crippen LogP contribution in [-0.4, -0.2) is 33.7 Å². The number of alkyl halides is 1. The van der Waals surface area contributed by atoms with Crippen molar-refractivity contribution in [2.75, 3.05) is 11.9 Å². The van der Waals surface area contributed by atoms with Crippen LogP contribution in [0.1, 0.15) is 23.7 Å². The number of hydrogen-bond donors (Lipinski definition) is 0. The summed E-state index contributed by atoms with van der Waals surface area (Å²) in [6.45, 7) is 2.86. The normalized spacial score (nSPS) is 24.1. The minimum atomic E-state index is -0.474. The lowest BCUT2D eigenvalue weighted by Crippen LogP contribution is -2.38. The molecule has 1 fully saturated rings. The van der Waals surface area contributed by atoms with E-state index in [2.05, 4.69) is 27.8 Å². The molecule has 0 bridgehead atoms. The molecule has 92 valence electrons. The van der Waals surface area contributed by atoms with E-state index < -0.39 is 5.82 Å². The lowest BCUT2D eigenvalue weighted by atomic mass is 10.0. The van der Waals surface area contributed by atoms with Crippen LogP contribution in [-0.2, 0) is 0 Å². The molecule has 5 heteroatoms. The van der Waals surface area contributed by atoms with Crippen LogP contribution in [0.3, 0.4) is 0 Å². The van der Waals surface area contributed by atoms with Gasteiger partial charge in [-0.2, -0.15) is 0 Å². The first-order chi connectivity index (χ1) is 8.13. The molecule has 1 aliphatic rings. The van der Waals surface area contributed by atoms with Crippen LogP contribution in [0.4, 0.5) is 4.39 Å². The SMILES string of the molecule is CC1CCN(C(=O)c2cncc(F)c2)C1CBr. The van der Waals surface area contributed by atoms with Gasteiger partial charge >= 0.3 is 0 Å². The average molecular weight is 301 g/mol. The minimum absolute atomic E-state index is 0.134. The fourth-order valence-electron chi connectivity index (χ4n) is 2.19. The van der Waals surface area contributed by atoms with E-state index in [1.165, 1.54) is 12.3 Å². The Morgan fingerprint density at radius 2 is 2.41 bits per heavy atom. The van der Waals surface area contributed by atoms with Gasteiger partial charge in [-0.25, -0.2) is 4.39 Å². The molecule has 2 rings (SSSR count). The Kier molecular flexibility index (Phi) is 3.76. The minimum Gasteiger partial charge on any atom is -0.334 e. The van der Waals surface area contributed by atoms with Gasteiger partial charge in [0.05, 0.1) is 11.8 Å². The summed E-state index contributed by atoms with van der Waals surface area (Å²) in [6, 6.07) is 1.43. The monoisotopic (exact) mass is 300 g/mol. The number of pyridine rings is 1. The fourth-order valence-corrected chi connectivity index (χ4v) is 3.18. The highest BCUT2D eigenvalue weighted by Gasteiger charge is 2.34. The summed E-state index contributed by atoms with van der Waals surface area (Å²) in [6.07, 6.45) is 3.51. The molecule has 0 spiro atoms. The molecule has 0 N–H and O–H groups in total. The number of carbonyl (C=O) groups is 1. The van der Waals surface area contributed by atoms with Crippen molar-refractivity contribution >= 4 is 21.8 Å². The summed E-state index contributed by atoms with van der Waals surface area (Å²) in [7, 11) is 0. The largest absolute Gasteiger partial charge is 0.334 e. The lowest BCUT2D eigenvalue weighted by molar-refractivity contribution is 0.0737.